The summed E-state index contributed by atoms with van der Waals surface area (Å²) < 4.78 is 1.60. The van der Waals surface area contributed by atoms with Crippen molar-refractivity contribution in [2.45, 2.75) is 19.5 Å². The second-order valence-electron chi connectivity index (χ2n) is 4.40. The van der Waals surface area contributed by atoms with Gasteiger partial charge in [0.1, 0.15) is 5.82 Å². The summed E-state index contributed by atoms with van der Waals surface area (Å²) in [6.07, 6.45) is 6.12. The highest BCUT2D eigenvalue weighted by molar-refractivity contribution is 5.84. The molecular formula is C12H16N6O3. The Balaban J connectivity index is 1.72. The summed E-state index contributed by atoms with van der Waals surface area (Å²) in [5.74, 6) is -0.405. The molecule has 2 aromatic heterocycles. The Morgan fingerprint density at radius 1 is 1.48 bits per heavy atom. The van der Waals surface area contributed by atoms with Gasteiger partial charge in [-0.15, -0.1) is 0 Å². The van der Waals surface area contributed by atoms with Crippen LogP contribution in [0, 0.1) is 0 Å². The van der Waals surface area contributed by atoms with Gasteiger partial charge in [-0.1, -0.05) is 0 Å². The molecule has 1 atom stereocenters. The van der Waals surface area contributed by atoms with Gasteiger partial charge in [-0.05, 0) is 6.92 Å². The Morgan fingerprint density at radius 2 is 2.29 bits per heavy atom. The molecule has 0 aliphatic carbocycles. The fourth-order valence-corrected chi connectivity index (χ4v) is 1.72. The van der Waals surface area contributed by atoms with Crippen LogP contribution >= 0.6 is 0 Å². The molecule has 0 saturated carbocycles. The Labute approximate surface area is 120 Å². The molecule has 2 aromatic rings. The number of rotatable bonds is 6. The Bertz CT molecular complexity index is 606. The molecule has 2 rings (SSSR count). The number of carbonyl (C=O) groups is 2. The zero-order valence-electron chi connectivity index (χ0n) is 11.4. The normalized spacial score (nSPS) is 11.9. The van der Waals surface area contributed by atoms with Gasteiger partial charge in [0.15, 0.2) is 5.69 Å². The zero-order valence-corrected chi connectivity index (χ0v) is 11.4. The maximum atomic E-state index is 11.7. The van der Waals surface area contributed by atoms with Crippen molar-refractivity contribution in [3.05, 3.63) is 36.4 Å². The number of nitrogens with zero attached hydrogens (tertiary/aromatic N) is 3. The Hall–Kier alpha value is -2.84. The summed E-state index contributed by atoms with van der Waals surface area (Å²) in [6, 6.07) is -0.552. The van der Waals surface area contributed by atoms with E-state index >= 15 is 0 Å². The maximum Gasteiger partial charge on any atom is 0.356 e. The molecule has 0 aliphatic rings. The SMILES string of the molecule is CC(NC(=O)NCCn1cnc(C(=O)O)c1)c1ncc[nH]1. The van der Waals surface area contributed by atoms with Gasteiger partial charge in [-0.3, -0.25) is 0 Å². The number of urea groups is 1. The fourth-order valence-electron chi connectivity index (χ4n) is 1.72. The summed E-state index contributed by atoms with van der Waals surface area (Å²) in [5.41, 5.74) is -0.0223. The van der Waals surface area contributed by atoms with E-state index in [0.29, 0.717) is 18.9 Å². The number of hydrogen-bond acceptors (Lipinski definition) is 4. The van der Waals surface area contributed by atoms with Crippen LogP contribution in [0.4, 0.5) is 4.79 Å². The predicted molar refractivity (Wildman–Crippen MR) is 72.7 cm³/mol. The van der Waals surface area contributed by atoms with E-state index in [9.17, 15) is 9.59 Å². The van der Waals surface area contributed by atoms with Crippen LogP contribution < -0.4 is 10.6 Å². The molecule has 21 heavy (non-hydrogen) atoms. The van der Waals surface area contributed by atoms with Gasteiger partial charge in [-0.25, -0.2) is 19.6 Å². The summed E-state index contributed by atoms with van der Waals surface area (Å²) in [4.78, 5) is 33.0. The minimum absolute atomic E-state index is 0.0223. The minimum Gasteiger partial charge on any atom is -0.476 e. The van der Waals surface area contributed by atoms with Gasteiger partial charge in [0.25, 0.3) is 0 Å². The highest BCUT2D eigenvalue weighted by Crippen LogP contribution is 2.04. The van der Waals surface area contributed by atoms with Crippen molar-refractivity contribution in [1.29, 1.82) is 0 Å². The molecule has 112 valence electrons. The molecule has 0 radical (unpaired) electrons. The number of aromatic carboxylic acids is 1. The first-order chi connectivity index (χ1) is 10.1. The van der Waals surface area contributed by atoms with E-state index in [2.05, 4.69) is 25.6 Å². The Morgan fingerprint density at radius 3 is 2.90 bits per heavy atom. The standard InChI is InChI=1S/C12H16N6O3/c1-8(10-13-2-3-14-10)17-12(21)15-4-5-18-6-9(11(19)20)16-7-18/h2-3,6-8H,4-5H2,1H3,(H,13,14)(H,19,20)(H2,15,17,21). The third-order valence-corrected chi connectivity index (χ3v) is 2.79. The molecule has 9 heteroatoms. The van der Waals surface area contributed by atoms with Crippen LogP contribution in [0.1, 0.15) is 29.3 Å². The average molecular weight is 292 g/mol. The van der Waals surface area contributed by atoms with Gasteiger partial charge >= 0.3 is 12.0 Å². The highest BCUT2D eigenvalue weighted by Gasteiger charge is 2.11. The van der Waals surface area contributed by atoms with Crippen LogP contribution in [0.15, 0.2) is 24.9 Å². The van der Waals surface area contributed by atoms with Crippen molar-refractivity contribution in [3.8, 4) is 0 Å². The van der Waals surface area contributed by atoms with Crippen molar-refractivity contribution >= 4 is 12.0 Å². The topological polar surface area (TPSA) is 125 Å². The van der Waals surface area contributed by atoms with Crippen LogP contribution in [0.25, 0.3) is 0 Å². The number of carboxylic acids is 1. The van der Waals surface area contributed by atoms with Crippen LogP contribution in [0.5, 0.6) is 0 Å². The monoisotopic (exact) mass is 292 g/mol. The van der Waals surface area contributed by atoms with Crippen molar-refractivity contribution < 1.29 is 14.7 Å². The molecule has 0 spiro atoms. The van der Waals surface area contributed by atoms with Crippen LogP contribution in [-0.4, -0.2) is 43.2 Å². The molecule has 2 amide bonds. The lowest BCUT2D eigenvalue weighted by atomic mass is 10.3. The van der Waals surface area contributed by atoms with E-state index in [4.69, 9.17) is 5.11 Å². The maximum absolute atomic E-state index is 11.7. The lowest BCUT2D eigenvalue weighted by Crippen LogP contribution is -2.38. The quantitative estimate of drug-likeness (QED) is 0.612. The average Bonchev–Trinajstić information content (AvgIpc) is 3.10. The third-order valence-electron chi connectivity index (χ3n) is 2.79. The van der Waals surface area contributed by atoms with E-state index in [1.54, 1.807) is 17.0 Å². The first-order valence-corrected chi connectivity index (χ1v) is 6.35. The lowest BCUT2D eigenvalue weighted by molar-refractivity contribution is 0.0691. The van der Waals surface area contributed by atoms with Crippen molar-refractivity contribution in [2.75, 3.05) is 6.54 Å². The number of carboxylic acid groups (broad SMARTS) is 1. The van der Waals surface area contributed by atoms with E-state index < -0.39 is 5.97 Å². The molecule has 0 aromatic carbocycles. The number of imidazole rings is 2. The lowest BCUT2D eigenvalue weighted by Gasteiger charge is -2.12. The van der Waals surface area contributed by atoms with Gasteiger partial charge < -0.3 is 25.3 Å². The van der Waals surface area contributed by atoms with E-state index in [1.165, 1.54) is 12.5 Å². The molecule has 2 heterocycles. The molecule has 0 aliphatic heterocycles. The van der Waals surface area contributed by atoms with E-state index in [0.717, 1.165) is 0 Å². The predicted octanol–water partition coefficient (Wildman–Crippen LogP) is 0.365. The number of hydrogen-bond donors (Lipinski definition) is 4. The second-order valence-corrected chi connectivity index (χ2v) is 4.40. The number of aromatic amines is 1. The van der Waals surface area contributed by atoms with Crippen molar-refractivity contribution in [1.82, 2.24) is 30.2 Å². The summed E-state index contributed by atoms with van der Waals surface area (Å²) in [7, 11) is 0. The summed E-state index contributed by atoms with van der Waals surface area (Å²) in [5, 5.41) is 14.1. The second kappa shape index (κ2) is 6.55. The largest absolute Gasteiger partial charge is 0.476 e. The molecule has 0 bridgehead atoms. The number of amides is 2. The van der Waals surface area contributed by atoms with Gasteiger partial charge in [0, 0.05) is 31.7 Å². The van der Waals surface area contributed by atoms with Gasteiger partial charge in [0.05, 0.1) is 12.4 Å². The first-order valence-electron chi connectivity index (χ1n) is 6.35. The molecular weight excluding hydrogens is 276 g/mol. The van der Waals surface area contributed by atoms with Crippen LogP contribution in [0.2, 0.25) is 0 Å². The van der Waals surface area contributed by atoms with Crippen molar-refractivity contribution in [3.63, 3.8) is 0 Å². The minimum atomic E-state index is -1.08. The van der Waals surface area contributed by atoms with E-state index in [-0.39, 0.29) is 17.8 Å². The Kier molecular flexibility index (Phi) is 4.54. The molecule has 1 unspecified atom stereocenters. The molecule has 0 saturated heterocycles. The smallest absolute Gasteiger partial charge is 0.356 e. The molecule has 4 N–H and O–H groups in total. The summed E-state index contributed by atoms with van der Waals surface area (Å²) in [6.45, 7) is 2.60. The van der Waals surface area contributed by atoms with Crippen molar-refractivity contribution in [2.24, 2.45) is 0 Å². The summed E-state index contributed by atoms with van der Waals surface area (Å²) >= 11 is 0. The number of H-pyrrole nitrogens is 1. The molecule has 0 fully saturated rings. The number of aromatic nitrogens is 4. The van der Waals surface area contributed by atoms with E-state index in [1.807, 2.05) is 6.92 Å². The van der Waals surface area contributed by atoms with Crippen LogP contribution in [0.3, 0.4) is 0 Å². The fraction of sp³-hybridized carbons (Fsp3) is 0.333. The third kappa shape index (κ3) is 4.06. The zero-order chi connectivity index (χ0) is 15.2. The van der Waals surface area contributed by atoms with Gasteiger partial charge in [0.2, 0.25) is 0 Å². The number of carbonyl (C=O) groups excluding carboxylic acids is 1. The first kappa shape index (κ1) is 14.6. The molecule has 9 nitrogen and oxygen atoms in total. The van der Waals surface area contributed by atoms with Crippen LogP contribution in [-0.2, 0) is 6.54 Å². The number of nitrogens with one attached hydrogen (secondary N) is 3. The highest BCUT2D eigenvalue weighted by atomic mass is 16.4. The van der Waals surface area contributed by atoms with Gasteiger partial charge in [-0.2, -0.15) is 0 Å².